The van der Waals surface area contributed by atoms with Gasteiger partial charge < -0.3 is 14.1 Å². The molecule has 1 amide bonds. The van der Waals surface area contributed by atoms with Crippen molar-refractivity contribution in [1.82, 2.24) is 4.90 Å². The van der Waals surface area contributed by atoms with Crippen molar-refractivity contribution in [2.45, 2.75) is 38.4 Å². The average Bonchev–Trinajstić information content (AvgIpc) is 3.27. The fourth-order valence-electron chi connectivity index (χ4n) is 3.72. The molecule has 29 heavy (non-hydrogen) atoms. The quantitative estimate of drug-likeness (QED) is 0.565. The molecule has 2 heterocycles. The van der Waals surface area contributed by atoms with E-state index in [4.69, 9.17) is 9.15 Å². The Kier molecular flexibility index (Phi) is 6.42. The Bertz CT molecular complexity index is 896. The number of carbonyl (C=O) groups is 1. The van der Waals surface area contributed by atoms with E-state index in [9.17, 15) is 4.79 Å². The monoisotopic (exact) mass is 389 g/mol. The summed E-state index contributed by atoms with van der Waals surface area (Å²) < 4.78 is 11.9. The standard InChI is InChI=1S/C25H27NO3/c27-25(14-12-23-11-13-24(29-23)21-9-5-2-6-10-21)26-17-15-22(16-18-26)28-19-20-7-3-1-4-8-20/h1-11,13,22H,12,14-19H2. The van der Waals surface area contributed by atoms with Gasteiger partial charge in [0.15, 0.2) is 0 Å². The molecule has 4 nitrogen and oxygen atoms in total. The van der Waals surface area contributed by atoms with Crippen molar-refractivity contribution < 1.29 is 13.9 Å². The van der Waals surface area contributed by atoms with Gasteiger partial charge in [0.05, 0.1) is 12.7 Å². The first-order valence-electron chi connectivity index (χ1n) is 10.4. The molecule has 1 saturated heterocycles. The molecule has 0 spiro atoms. The van der Waals surface area contributed by atoms with Gasteiger partial charge in [0.1, 0.15) is 11.5 Å². The number of carbonyl (C=O) groups excluding carboxylic acids is 1. The lowest BCUT2D eigenvalue weighted by atomic mass is 10.1. The zero-order valence-electron chi connectivity index (χ0n) is 16.6. The van der Waals surface area contributed by atoms with E-state index in [2.05, 4.69) is 12.1 Å². The van der Waals surface area contributed by atoms with Gasteiger partial charge in [0, 0.05) is 31.5 Å². The number of hydrogen-bond donors (Lipinski definition) is 0. The lowest BCUT2D eigenvalue weighted by Crippen LogP contribution is -2.40. The molecule has 4 heteroatoms. The molecule has 0 bridgehead atoms. The SMILES string of the molecule is O=C(CCc1ccc(-c2ccccc2)o1)N1CCC(OCc2ccccc2)CC1. The molecule has 0 saturated carbocycles. The summed E-state index contributed by atoms with van der Waals surface area (Å²) in [4.78, 5) is 14.5. The van der Waals surface area contributed by atoms with Crippen molar-refractivity contribution in [3.63, 3.8) is 0 Å². The van der Waals surface area contributed by atoms with Crippen LogP contribution in [0.15, 0.2) is 77.2 Å². The minimum absolute atomic E-state index is 0.198. The maximum Gasteiger partial charge on any atom is 0.223 e. The number of rotatable bonds is 7. The number of nitrogens with zero attached hydrogens (tertiary/aromatic N) is 1. The third kappa shape index (κ3) is 5.36. The molecule has 4 rings (SSSR count). The number of hydrogen-bond acceptors (Lipinski definition) is 3. The molecule has 0 N–H and O–H groups in total. The van der Waals surface area contributed by atoms with Crippen LogP contribution in [0, 0.1) is 0 Å². The van der Waals surface area contributed by atoms with E-state index in [1.165, 1.54) is 5.56 Å². The largest absolute Gasteiger partial charge is 0.461 e. The molecule has 1 aliphatic rings. The van der Waals surface area contributed by atoms with Crippen LogP contribution in [0.1, 0.15) is 30.6 Å². The Balaban J connectivity index is 1.20. The van der Waals surface area contributed by atoms with Crippen LogP contribution < -0.4 is 0 Å². The molecule has 3 aromatic rings. The highest BCUT2D eigenvalue weighted by atomic mass is 16.5. The second-order valence-corrected chi connectivity index (χ2v) is 7.51. The summed E-state index contributed by atoms with van der Waals surface area (Å²) in [5, 5.41) is 0. The summed E-state index contributed by atoms with van der Waals surface area (Å²) in [6.07, 6.45) is 3.15. The van der Waals surface area contributed by atoms with E-state index in [1.54, 1.807) is 0 Å². The van der Waals surface area contributed by atoms with Gasteiger partial charge in [0.2, 0.25) is 5.91 Å². The number of aryl methyl sites for hydroxylation is 1. The molecule has 0 aliphatic carbocycles. The fraction of sp³-hybridized carbons (Fsp3) is 0.320. The minimum Gasteiger partial charge on any atom is -0.461 e. The van der Waals surface area contributed by atoms with Crippen LogP contribution in [0.3, 0.4) is 0 Å². The molecule has 0 unspecified atom stereocenters. The van der Waals surface area contributed by atoms with Gasteiger partial charge in [-0.3, -0.25) is 4.79 Å². The summed E-state index contributed by atoms with van der Waals surface area (Å²) in [6.45, 7) is 2.18. The highest BCUT2D eigenvalue weighted by Crippen LogP contribution is 2.23. The minimum atomic E-state index is 0.198. The summed E-state index contributed by atoms with van der Waals surface area (Å²) in [5.41, 5.74) is 2.25. The van der Waals surface area contributed by atoms with Crippen molar-refractivity contribution in [2.75, 3.05) is 13.1 Å². The fourth-order valence-corrected chi connectivity index (χ4v) is 3.72. The van der Waals surface area contributed by atoms with Crippen LogP contribution in [0.2, 0.25) is 0 Å². The Morgan fingerprint density at radius 3 is 2.34 bits per heavy atom. The van der Waals surface area contributed by atoms with Gasteiger partial charge in [-0.05, 0) is 30.5 Å². The molecule has 1 aromatic heterocycles. The van der Waals surface area contributed by atoms with Crippen LogP contribution >= 0.6 is 0 Å². The van der Waals surface area contributed by atoms with Gasteiger partial charge in [-0.1, -0.05) is 60.7 Å². The van der Waals surface area contributed by atoms with Crippen molar-refractivity contribution in [3.05, 3.63) is 84.1 Å². The average molecular weight is 389 g/mol. The predicted octanol–water partition coefficient (Wildman–Crippen LogP) is 5.09. The number of piperidine rings is 1. The number of benzene rings is 2. The summed E-state index contributed by atoms with van der Waals surface area (Å²) >= 11 is 0. The molecule has 1 fully saturated rings. The van der Waals surface area contributed by atoms with E-state index in [-0.39, 0.29) is 12.0 Å². The van der Waals surface area contributed by atoms with E-state index in [0.29, 0.717) is 19.4 Å². The van der Waals surface area contributed by atoms with Crippen molar-refractivity contribution in [2.24, 2.45) is 0 Å². The van der Waals surface area contributed by atoms with Crippen LogP contribution in [0.4, 0.5) is 0 Å². The van der Waals surface area contributed by atoms with Gasteiger partial charge in [-0.25, -0.2) is 0 Å². The summed E-state index contributed by atoms with van der Waals surface area (Å²) in [6, 6.07) is 24.2. The highest BCUT2D eigenvalue weighted by Gasteiger charge is 2.23. The first kappa shape index (κ1) is 19.5. The van der Waals surface area contributed by atoms with Crippen molar-refractivity contribution >= 4 is 5.91 Å². The number of amides is 1. The van der Waals surface area contributed by atoms with Gasteiger partial charge in [0.25, 0.3) is 0 Å². The molecule has 0 atom stereocenters. The molecule has 150 valence electrons. The zero-order chi connectivity index (χ0) is 19.9. The van der Waals surface area contributed by atoms with Crippen molar-refractivity contribution in [1.29, 1.82) is 0 Å². The van der Waals surface area contributed by atoms with Gasteiger partial charge >= 0.3 is 0 Å². The summed E-state index contributed by atoms with van der Waals surface area (Å²) in [5.74, 6) is 1.91. The Morgan fingerprint density at radius 1 is 0.931 bits per heavy atom. The normalized spacial score (nSPS) is 14.8. The first-order valence-corrected chi connectivity index (χ1v) is 10.4. The molecule has 0 radical (unpaired) electrons. The number of ether oxygens (including phenoxy) is 1. The van der Waals surface area contributed by atoms with E-state index >= 15 is 0 Å². The maximum absolute atomic E-state index is 12.6. The Morgan fingerprint density at radius 2 is 1.62 bits per heavy atom. The smallest absolute Gasteiger partial charge is 0.223 e. The summed E-state index contributed by atoms with van der Waals surface area (Å²) in [7, 11) is 0. The van der Waals surface area contributed by atoms with Crippen LogP contribution in [0.25, 0.3) is 11.3 Å². The molecular formula is C25H27NO3. The van der Waals surface area contributed by atoms with Crippen LogP contribution in [0.5, 0.6) is 0 Å². The number of furan rings is 1. The lowest BCUT2D eigenvalue weighted by molar-refractivity contribution is -0.134. The number of likely N-dealkylation sites (tertiary alicyclic amines) is 1. The topological polar surface area (TPSA) is 42.7 Å². The van der Waals surface area contributed by atoms with E-state index in [0.717, 1.165) is 43.0 Å². The van der Waals surface area contributed by atoms with Gasteiger partial charge in [-0.2, -0.15) is 0 Å². The molecular weight excluding hydrogens is 362 g/mol. The maximum atomic E-state index is 12.6. The Hall–Kier alpha value is -2.85. The zero-order valence-corrected chi connectivity index (χ0v) is 16.6. The second kappa shape index (κ2) is 9.57. The first-order chi connectivity index (χ1) is 14.3. The highest BCUT2D eigenvalue weighted by molar-refractivity contribution is 5.76. The molecule has 2 aromatic carbocycles. The Labute approximate surface area is 172 Å². The van der Waals surface area contributed by atoms with Gasteiger partial charge in [-0.15, -0.1) is 0 Å². The third-order valence-corrected chi connectivity index (χ3v) is 5.43. The molecule has 1 aliphatic heterocycles. The van der Waals surface area contributed by atoms with Crippen molar-refractivity contribution in [3.8, 4) is 11.3 Å². The van der Waals surface area contributed by atoms with Crippen LogP contribution in [-0.4, -0.2) is 30.0 Å². The van der Waals surface area contributed by atoms with E-state index in [1.807, 2.05) is 65.6 Å². The lowest BCUT2D eigenvalue weighted by Gasteiger charge is -2.32. The van der Waals surface area contributed by atoms with Crippen LogP contribution in [-0.2, 0) is 22.6 Å². The predicted molar refractivity (Wildman–Crippen MR) is 113 cm³/mol. The second-order valence-electron chi connectivity index (χ2n) is 7.51. The van der Waals surface area contributed by atoms with E-state index < -0.39 is 0 Å². The third-order valence-electron chi connectivity index (χ3n) is 5.43.